The van der Waals surface area contributed by atoms with Crippen LogP contribution < -0.4 is 5.32 Å². The summed E-state index contributed by atoms with van der Waals surface area (Å²) in [5.74, 6) is -0.538. The van der Waals surface area contributed by atoms with Crippen LogP contribution in [-0.4, -0.2) is 29.9 Å². The van der Waals surface area contributed by atoms with E-state index in [-0.39, 0.29) is 30.8 Å². The van der Waals surface area contributed by atoms with Crippen molar-refractivity contribution >= 4 is 11.7 Å². The zero-order valence-corrected chi connectivity index (χ0v) is 7.91. The molecule has 0 aromatic heterocycles. The zero-order chi connectivity index (χ0) is 10.3. The summed E-state index contributed by atoms with van der Waals surface area (Å²) >= 11 is 0. The van der Waals surface area contributed by atoms with Gasteiger partial charge in [0.15, 0.2) is 5.78 Å². The molecule has 0 rings (SSSR count). The van der Waals surface area contributed by atoms with E-state index >= 15 is 0 Å². The van der Waals surface area contributed by atoms with E-state index in [2.05, 4.69) is 5.32 Å². The van der Waals surface area contributed by atoms with E-state index in [1.807, 2.05) is 0 Å². The van der Waals surface area contributed by atoms with Gasteiger partial charge in [0.1, 0.15) is 0 Å². The van der Waals surface area contributed by atoms with Crippen LogP contribution in [0.4, 0.5) is 0 Å². The van der Waals surface area contributed by atoms with Crippen molar-refractivity contribution in [1.29, 1.82) is 0 Å². The maximum Gasteiger partial charge on any atom is 0.244 e. The second-order valence-electron chi connectivity index (χ2n) is 2.91. The minimum atomic E-state index is -0.358. The lowest BCUT2D eigenvalue weighted by atomic mass is 10.1. The predicted molar refractivity (Wildman–Crippen MR) is 49.1 cm³/mol. The number of allylic oxidation sites excluding steroid dienone is 1. The second-order valence-corrected chi connectivity index (χ2v) is 2.91. The van der Waals surface area contributed by atoms with E-state index in [1.165, 1.54) is 12.2 Å². The standard InChI is InChI=1S/C9H15NO3/c1-7(2)8(12)3-4-9(13)10-5-6-11/h3-4,7,11H,5-6H2,1-2H3,(H,10,13)/b4-3+. The first-order valence-electron chi connectivity index (χ1n) is 4.18. The summed E-state index contributed by atoms with van der Waals surface area (Å²) in [5.41, 5.74) is 0. The van der Waals surface area contributed by atoms with Crippen molar-refractivity contribution in [2.45, 2.75) is 13.8 Å². The second kappa shape index (κ2) is 6.37. The van der Waals surface area contributed by atoms with E-state index in [0.29, 0.717) is 0 Å². The Kier molecular flexibility index (Phi) is 5.80. The van der Waals surface area contributed by atoms with E-state index in [9.17, 15) is 9.59 Å². The number of carbonyl (C=O) groups excluding carboxylic acids is 2. The van der Waals surface area contributed by atoms with Crippen molar-refractivity contribution in [3.63, 3.8) is 0 Å². The maximum absolute atomic E-state index is 11.0. The highest BCUT2D eigenvalue weighted by atomic mass is 16.3. The first-order valence-corrected chi connectivity index (χ1v) is 4.18. The number of hydrogen-bond donors (Lipinski definition) is 2. The van der Waals surface area contributed by atoms with Crippen LogP contribution in [0.2, 0.25) is 0 Å². The molecule has 2 N–H and O–H groups in total. The Bertz CT molecular complexity index is 209. The molecule has 1 amide bonds. The van der Waals surface area contributed by atoms with Crippen molar-refractivity contribution in [1.82, 2.24) is 5.32 Å². The van der Waals surface area contributed by atoms with Crippen molar-refractivity contribution in [2.24, 2.45) is 5.92 Å². The molecule has 0 aliphatic heterocycles. The maximum atomic E-state index is 11.0. The molecule has 0 atom stereocenters. The van der Waals surface area contributed by atoms with Gasteiger partial charge in [0.25, 0.3) is 0 Å². The van der Waals surface area contributed by atoms with Gasteiger partial charge in [-0.15, -0.1) is 0 Å². The molecule has 0 aromatic rings. The number of aliphatic hydroxyl groups is 1. The van der Waals surface area contributed by atoms with Crippen LogP contribution in [0, 0.1) is 5.92 Å². The number of carbonyl (C=O) groups is 2. The molecule has 74 valence electrons. The third-order valence-electron chi connectivity index (χ3n) is 1.38. The van der Waals surface area contributed by atoms with E-state index < -0.39 is 0 Å². The van der Waals surface area contributed by atoms with Gasteiger partial charge in [0.2, 0.25) is 5.91 Å². The van der Waals surface area contributed by atoms with Crippen molar-refractivity contribution in [2.75, 3.05) is 13.2 Å². The van der Waals surface area contributed by atoms with Gasteiger partial charge in [-0.3, -0.25) is 9.59 Å². The van der Waals surface area contributed by atoms with Gasteiger partial charge in [0.05, 0.1) is 6.61 Å². The number of amides is 1. The largest absolute Gasteiger partial charge is 0.395 e. The van der Waals surface area contributed by atoms with Gasteiger partial charge >= 0.3 is 0 Å². The fourth-order valence-corrected chi connectivity index (χ4v) is 0.588. The van der Waals surface area contributed by atoms with E-state index in [4.69, 9.17) is 5.11 Å². The molecule has 0 bridgehead atoms. The average Bonchev–Trinajstić information content (AvgIpc) is 2.10. The molecule has 0 heterocycles. The van der Waals surface area contributed by atoms with Crippen molar-refractivity contribution < 1.29 is 14.7 Å². The van der Waals surface area contributed by atoms with Gasteiger partial charge in [-0.1, -0.05) is 13.8 Å². The fourth-order valence-electron chi connectivity index (χ4n) is 0.588. The third kappa shape index (κ3) is 6.04. The Hall–Kier alpha value is -1.16. The first kappa shape index (κ1) is 11.8. The summed E-state index contributed by atoms with van der Waals surface area (Å²) in [7, 11) is 0. The van der Waals surface area contributed by atoms with Crippen LogP contribution in [-0.2, 0) is 9.59 Å². The molecule has 0 saturated carbocycles. The Balaban J connectivity index is 3.83. The number of hydrogen-bond acceptors (Lipinski definition) is 3. The highest BCUT2D eigenvalue weighted by molar-refractivity contribution is 5.98. The van der Waals surface area contributed by atoms with Crippen LogP contribution in [0.5, 0.6) is 0 Å². The molecule has 0 aliphatic rings. The minimum absolute atomic E-state index is 0.0841. The SMILES string of the molecule is CC(C)C(=O)/C=C/C(=O)NCCO. The lowest BCUT2D eigenvalue weighted by molar-refractivity contribution is -0.119. The number of rotatable bonds is 5. The molecule has 0 aliphatic carbocycles. The molecular weight excluding hydrogens is 170 g/mol. The van der Waals surface area contributed by atoms with Crippen LogP contribution in [0.15, 0.2) is 12.2 Å². The molecule has 13 heavy (non-hydrogen) atoms. The van der Waals surface area contributed by atoms with Crippen LogP contribution in [0.1, 0.15) is 13.8 Å². The predicted octanol–water partition coefficient (Wildman–Crippen LogP) is -0.124. The molecule has 0 unspecified atom stereocenters. The number of aliphatic hydroxyl groups excluding tert-OH is 1. The molecule has 4 nitrogen and oxygen atoms in total. The van der Waals surface area contributed by atoms with Gasteiger partial charge in [-0.25, -0.2) is 0 Å². The summed E-state index contributed by atoms with van der Waals surface area (Å²) in [6.07, 6.45) is 2.43. The van der Waals surface area contributed by atoms with Crippen molar-refractivity contribution in [3.05, 3.63) is 12.2 Å². The molecule has 4 heteroatoms. The molecule has 0 radical (unpaired) electrons. The summed E-state index contributed by atoms with van der Waals surface area (Å²) in [6.45, 7) is 3.63. The average molecular weight is 185 g/mol. The Morgan fingerprint density at radius 1 is 1.38 bits per heavy atom. The Morgan fingerprint density at radius 3 is 2.46 bits per heavy atom. The minimum Gasteiger partial charge on any atom is -0.395 e. The van der Waals surface area contributed by atoms with Gasteiger partial charge in [-0.05, 0) is 6.08 Å². The van der Waals surface area contributed by atoms with Crippen molar-refractivity contribution in [3.8, 4) is 0 Å². The fraction of sp³-hybridized carbons (Fsp3) is 0.556. The summed E-state index contributed by atoms with van der Waals surface area (Å²) in [5, 5.41) is 10.8. The zero-order valence-electron chi connectivity index (χ0n) is 7.91. The normalized spacial score (nSPS) is 10.8. The van der Waals surface area contributed by atoms with Crippen LogP contribution in [0.25, 0.3) is 0 Å². The van der Waals surface area contributed by atoms with Gasteiger partial charge in [0, 0.05) is 18.5 Å². The topological polar surface area (TPSA) is 66.4 Å². The first-order chi connectivity index (χ1) is 6.07. The highest BCUT2D eigenvalue weighted by Crippen LogP contribution is 1.94. The Labute approximate surface area is 77.6 Å². The lowest BCUT2D eigenvalue weighted by Crippen LogP contribution is -2.24. The summed E-state index contributed by atoms with van der Waals surface area (Å²) in [4.78, 5) is 21.9. The Morgan fingerprint density at radius 2 is 2.00 bits per heavy atom. The molecule has 0 aromatic carbocycles. The third-order valence-corrected chi connectivity index (χ3v) is 1.38. The number of ketones is 1. The summed E-state index contributed by atoms with van der Waals surface area (Å²) < 4.78 is 0. The lowest BCUT2D eigenvalue weighted by Gasteiger charge is -1.98. The van der Waals surface area contributed by atoms with Gasteiger partial charge in [-0.2, -0.15) is 0 Å². The van der Waals surface area contributed by atoms with Crippen LogP contribution in [0.3, 0.4) is 0 Å². The monoisotopic (exact) mass is 185 g/mol. The number of nitrogens with one attached hydrogen (secondary N) is 1. The van der Waals surface area contributed by atoms with E-state index in [1.54, 1.807) is 13.8 Å². The highest BCUT2D eigenvalue weighted by Gasteiger charge is 2.02. The molecular formula is C9H15NO3. The smallest absolute Gasteiger partial charge is 0.244 e. The van der Waals surface area contributed by atoms with Crippen LogP contribution >= 0.6 is 0 Å². The molecule has 0 saturated heterocycles. The molecule has 0 spiro atoms. The van der Waals surface area contributed by atoms with E-state index in [0.717, 1.165) is 0 Å². The van der Waals surface area contributed by atoms with Gasteiger partial charge < -0.3 is 10.4 Å². The summed E-state index contributed by atoms with van der Waals surface area (Å²) in [6, 6.07) is 0. The molecule has 0 fully saturated rings. The quantitative estimate of drug-likeness (QED) is 0.587.